The predicted octanol–water partition coefficient (Wildman–Crippen LogP) is 1.67. The van der Waals surface area contributed by atoms with Gasteiger partial charge in [-0.2, -0.15) is 0 Å². The molecule has 0 aliphatic rings. The average molecular weight is 242 g/mol. The van der Waals surface area contributed by atoms with E-state index < -0.39 is 5.91 Å². The molecule has 0 aliphatic carbocycles. The molecule has 2 N–H and O–H groups in total. The number of halogens is 1. The van der Waals surface area contributed by atoms with Gasteiger partial charge in [0.25, 0.3) is 0 Å². The molecule has 0 unspecified atom stereocenters. The van der Waals surface area contributed by atoms with E-state index in [-0.39, 0.29) is 0 Å². The van der Waals surface area contributed by atoms with Crippen molar-refractivity contribution in [2.24, 2.45) is 5.73 Å². The highest BCUT2D eigenvalue weighted by atomic mass is 79.9. The van der Waals surface area contributed by atoms with Crippen LogP contribution in [0.25, 0.3) is 0 Å². The summed E-state index contributed by atoms with van der Waals surface area (Å²) in [6.45, 7) is 1.76. The highest BCUT2D eigenvalue weighted by Crippen LogP contribution is 2.21. The van der Waals surface area contributed by atoms with Crippen LogP contribution in [0, 0.1) is 6.92 Å². The van der Waals surface area contributed by atoms with E-state index in [1.807, 2.05) is 0 Å². The van der Waals surface area contributed by atoms with E-state index in [9.17, 15) is 9.59 Å². The second kappa shape index (κ2) is 3.70. The number of nitrogens with two attached hydrogens (primary N) is 1. The summed E-state index contributed by atoms with van der Waals surface area (Å²) in [5.74, 6) is -0.526. The Morgan fingerprint density at radius 2 is 2.15 bits per heavy atom. The zero-order valence-electron chi connectivity index (χ0n) is 7.00. The van der Waals surface area contributed by atoms with Gasteiger partial charge in [0, 0.05) is 15.6 Å². The number of primary amides is 1. The Morgan fingerprint density at radius 1 is 1.54 bits per heavy atom. The number of rotatable bonds is 2. The van der Waals surface area contributed by atoms with Crippen LogP contribution in [0.4, 0.5) is 0 Å². The molecule has 13 heavy (non-hydrogen) atoms. The maximum absolute atomic E-state index is 10.9. The first kappa shape index (κ1) is 9.92. The Kier molecular flexibility index (Phi) is 2.83. The molecule has 0 heterocycles. The number of carbonyl (C=O) groups excluding carboxylic acids is 2. The van der Waals surface area contributed by atoms with Crippen LogP contribution in [0.15, 0.2) is 16.6 Å². The van der Waals surface area contributed by atoms with Crippen molar-refractivity contribution >= 4 is 28.1 Å². The van der Waals surface area contributed by atoms with Crippen molar-refractivity contribution in [2.45, 2.75) is 6.92 Å². The van der Waals surface area contributed by atoms with Crippen LogP contribution in [-0.2, 0) is 0 Å². The van der Waals surface area contributed by atoms with Crippen molar-refractivity contribution in [3.8, 4) is 0 Å². The maximum atomic E-state index is 10.9. The summed E-state index contributed by atoms with van der Waals surface area (Å²) in [6, 6.07) is 3.13. The van der Waals surface area contributed by atoms with Gasteiger partial charge in [-0.1, -0.05) is 15.9 Å². The number of hydrogen-bond acceptors (Lipinski definition) is 2. The highest BCUT2D eigenvalue weighted by Gasteiger charge is 2.09. The largest absolute Gasteiger partial charge is 0.366 e. The third-order valence-electron chi connectivity index (χ3n) is 1.77. The monoisotopic (exact) mass is 241 g/mol. The molecule has 1 aromatic carbocycles. The minimum atomic E-state index is -0.526. The first-order chi connectivity index (χ1) is 6.06. The molecule has 1 aromatic rings. The smallest absolute Gasteiger partial charge is 0.249 e. The number of amides is 1. The van der Waals surface area contributed by atoms with E-state index in [0.29, 0.717) is 21.9 Å². The Balaban J connectivity index is 3.41. The van der Waals surface area contributed by atoms with Crippen molar-refractivity contribution in [2.75, 3.05) is 0 Å². The predicted molar refractivity (Wildman–Crippen MR) is 52.8 cm³/mol. The molecule has 0 saturated heterocycles. The lowest BCUT2D eigenvalue weighted by atomic mass is 10.1. The molecule has 3 nitrogen and oxygen atoms in total. The molecule has 0 bridgehead atoms. The third kappa shape index (κ3) is 1.95. The van der Waals surface area contributed by atoms with Gasteiger partial charge in [-0.3, -0.25) is 9.59 Å². The zero-order valence-corrected chi connectivity index (χ0v) is 8.59. The molecule has 0 aromatic heterocycles. The molecular weight excluding hydrogens is 234 g/mol. The van der Waals surface area contributed by atoms with E-state index in [1.165, 1.54) is 6.07 Å². The number of benzene rings is 1. The lowest BCUT2D eigenvalue weighted by Crippen LogP contribution is -2.13. The number of carbonyl (C=O) groups is 2. The summed E-state index contributed by atoms with van der Waals surface area (Å²) >= 11 is 3.24. The molecule has 4 heteroatoms. The van der Waals surface area contributed by atoms with Gasteiger partial charge in [-0.05, 0) is 24.6 Å². The summed E-state index contributed by atoms with van der Waals surface area (Å²) in [5.41, 5.74) is 6.69. The molecule has 1 amide bonds. The van der Waals surface area contributed by atoms with E-state index >= 15 is 0 Å². The topological polar surface area (TPSA) is 60.2 Å². The third-order valence-corrected chi connectivity index (χ3v) is 2.59. The minimum absolute atomic E-state index is 0.372. The van der Waals surface area contributed by atoms with Gasteiger partial charge in [-0.25, -0.2) is 0 Å². The van der Waals surface area contributed by atoms with E-state index in [1.54, 1.807) is 13.0 Å². The molecule has 0 spiro atoms. The fourth-order valence-corrected chi connectivity index (χ4v) is 1.50. The van der Waals surface area contributed by atoms with Crippen molar-refractivity contribution in [1.82, 2.24) is 0 Å². The lowest BCUT2D eigenvalue weighted by Gasteiger charge is -2.04. The second-order valence-electron chi connectivity index (χ2n) is 2.66. The van der Waals surface area contributed by atoms with Gasteiger partial charge in [0.1, 0.15) is 6.29 Å². The summed E-state index contributed by atoms with van der Waals surface area (Å²) in [7, 11) is 0. The van der Waals surface area contributed by atoms with Gasteiger partial charge in [0.2, 0.25) is 5.91 Å². The summed E-state index contributed by atoms with van der Waals surface area (Å²) in [5, 5.41) is 0. The second-order valence-corrected chi connectivity index (χ2v) is 3.51. The van der Waals surface area contributed by atoms with Gasteiger partial charge < -0.3 is 5.73 Å². The van der Waals surface area contributed by atoms with Gasteiger partial charge in [0.05, 0.1) is 0 Å². The quantitative estimate of drug-likeness (QED) is 0.802. The van der Waals surface area contributed by atoms with Crippen molar-refractivity contribution in [3.05, 3.63) is 33.3 Å². The summed E-state index contributed by atoms with van der Waals surface area (Å²) in [4.78, 5) is 21.4. The first-order valence-electron chi connectivity index (χ1n) is 3.61. The van der Waals surface area contributed by atoms with Crippen LogP contribution >= 0.6 is 15.9 Å². The fraction of sp³-hybridized carbons (Fsp3) is 0.111. The van der Waals surface area contributed by atoms with Crippen molar-refractivity contribution in [1.29, 1.82) is 0 Å². The Bertz CT molecular complexity index is 374. The van der Waals surface area contributed by atoms with Gasteiger partial charge in [-0.15, -0.1) is 0 Å². The first-order valence-corrected chi connectivity index (χ1v) is 4.40. The van der Waals surface area contributed by atoms with Crippen molar-refractivity contribution in [3.63, 3.8) is 0 Å². The lowest BCUT2D eigenvalue weighted by molar-refractivity contribution is 0.0999. The molecule has 1 rings (SSSR count). The Labute approximate surface area is 84.1 Å². The number of hydrogen-bond donors (Lipinski definition) is 1. The van der Waals surface area contributed by atoms with Crippen LogP contribution in [0.3, 0.4) is 0 Å². The molecular formula is C9H8BrNO2. The molecule has 0 saturated carbocycles. The van der Waals surface area contributed by atoms with Crippen LogP contribution in [0.2, 0.25) is 0 Å². The molecule has 0 aliphatic heterocycles. The maximum Gasteiger partial charge on any atom is 0.249 e. The Hall–Kier alpha value is -1.16. The van der Waals surface area contributed by atoms with Gasteiger partial charge in [0.15, 0.2) is 0 Å². The average Bonchev–Trinajstić information content (AvgIpc) is 2.09. The van der Waals surface area contributed by atoms with E-state index in [2.05, 4.69) is 15.9 Å². The fourth-order valence-electron chi connectivity index (χ4n) is 1.02. The molecule has 0 atom stereocenters. The van der Waals surface area contributed by atoms with Crippen molar-refractivity contribution < 1.29 is 9.59 Å². The van der Waals surface area contributed by atoms with Gasteiger partial charge >= 0.3 is 0 Å². The van der Waals surface area contributed by atoms with E-state index in [4.69, 9.17) is 5.73 Å². The van der Waals surface area contributed by atoms with Crippen LogP contribution in [-0.4, -0.2) is 12.2 Å². The normalized spacial score (nSPS) is 9.69. The highest BCUT2D eigenvalue weighted by molar-refractivity contribution is 9.10. The van der Waals surface area contributed by atoms with Crippen LogP contribution < -0.4 is 5.73 Å². The standard InChI is InChI=1S/C9H8BrNO2/c1-5-7(9(11)13)2-6(4-12)3-8(5)10/h2-4H,1H3,(H2,11,13). The van der Waals surface area contributed by atoms with Crippen LogP contribution in [0.5, 0.6) is 0 Å². The molecule has 68 valence electrons. The molecule has 0 radical (unpaired) electrons. The Morgan fingerprint density at radius 3 is 2.62 bits per heavy atom. The molecule has 0 fully saturated rings. The zero-order chi connectivity index (χ0) is 10.0. The van der Waals surface area contributed by atoms with E-state index in [0.717, 1.165) is 5.56 Å². The van der Waals surface area contributed by atoms with Crippen LogP contribution in [0.1, 0.15) is 26.3 Å². The SMILES string of the molecule is Cc1c(Br)cc(C=O)cc1C(N)=O. The minimum Gasteiger partial charge on any atom is -0.366 e. The summed E-state index contributed by atoms with van der Waals surface area (Å²) in [6.07, 6.45) is 0.677. The number of aldehydes is 1. The summed E-state index contributed by atoms with van der Waals surface area (Å²) < 4.78 is 0.714.